The van der Waals surface area contributed by atoms with Crippen molar-refractivity contribution in [3.05, 3.63) is 182 Å². The molecule has 0 saturated carbocycles. The molecule has 0 spiro atoms. The smallest absolute Gasteiger partial charge is 0.0786 e. The first kappa shape index (κ1) is 27.6. The van der Waals surface area contributed by atoms with E-state index in [-0.39, 0.29) is 0 Å². The fraction of sp³-hybridized carbons (Fsp3) is 0. The number of para-hydroxylation sites is 2. The zero-order valence-corrected chi connectivity index (χ0v) is 26.7. The fourth-order valence-electron chi connectivity index (χ4n) is 7.86. The van der Waals surface area contributed by atoms with Crippen molar-refractivity contribution in [1.82, 2.24) is 9.55 Å². The van der Waals surface area contributed by atoms with Crippen LogP contribution >= 0.6 is 0 Å². The molecule has 0 amide bonds. The number of hydrogen-bond acceptors (Lipinski definition) is 1. The molecule has 0 radical (unpaired) electrons. The molecule has 0 N–H and O–H groups in total. The molecule has 0 saturated heterocycles. The normalized spacial score (nSPS) is 11.7. The van der Waals surface area contributed by atoms with Crippen molar-refractivity contribution in [3.8, 4) is 39.1 Å². The maximum absolute atomic E-state index is 4.98. The fourth-order valence-corrected chi connectivity index (χ4v) is 7.86. The average molecular weight is 623 g/mol. The maximum Gasteiger partial charge on any atom is 0.0786 e. The Hall–Kier alpha value is -6.51. The summed E-state index contributed by atoms with van der Waals surface area (Å²) in [6, 6.07) is 63.7. The summed E-state index contributed by atoms with van der Waals surface area (Å²) >= 11 is 0. The molecular formula is C47H30N2. The van der Waals surface area contributed by atoms with Gasteiger partial charge in [-0.3, -0.25) is 4.98 Å². The quantitative estimate of drug-likeness (QED) is 0.141. The van der Waals surface area contributed by atoms with E-state index in [9.17, 15) is 0 Å². The highest BCUT2D eigenvalue weighted by molar-refractivity contribution is 6.27. The van der Waals surface area contributed by atoms with Crippen LogP contribution in [-0.4, -0.2) is 9.55 Å². The van der Waals surface area contributed by atoms with E-state index < -0.39 is 0 Å². The minimum atomic E-state index is 1.03. The highest BCUT2D eigenvalue weighted by Crippen LogP contribution is 2.47. The second kappa shape index (κ2) is 11.0. The molecule has 0 aliphatic rings. The molecule has 2 aromatic heterocycles. The van der Waals surface area contributed by atoms with E-state index in [0.29, 0.717) is 0 Å². The molecule has 49 heavy (non-hydrogen) atoms. The topological polar surface area (TPSA) is 17.8 Å². The summed E-state index contributed by atoms with van der Waals surface area (Å²) in [6.07, 6.45) is 1.91. The van der Waals surface area contributed by atoms with Crippen LogP contribution in [0.3, 0.4) is 0 Å². The molecule has 2 heterocycles. The molecule has 0 unspecified atom stereocenters. The summed E-state index contributed by atoms with van der Waals surface area (Å²) in [7, 11) is 0. The zero-order valence-electron chi connectivity index (χ0n) is 26.7. The van der Waals surface area contributed by atoms with Crippen molar-refractivity contribution >= 4 is 54.3 Å². The van der Waals surface area contributed by atoms with Crippen molar-refractivity contribution < 1.29 is 0 Å². The van der Waals surface area contributed by atoms with Gasteiger partial charge < -0.3 is 4.57 Å². The van der Waals surface area contributed by atoms with Crippen LogP contribution in [0.4, 0.5) is 0 Å². The van der Waals surface area contributed by atoms with E-state index in [1.54, 1.807) is 0 Å². The van der Waals surface area contributed by atoms with Gasteiger partial charge in [0, 0.05) is 33.4 Å². The Morgan fingerprint density at radius 2 is 0.980 bits per heavy atom. The molecule has 8 aromatic carbocycles. The van der Waals surface area contributed by atoms with Crippen LogP contribution in [0, 0.1) is 0 Å². The Morgan fingerprint density at radius 3 is 1.76 bits per heavy atom. The molecule has 0 aliphatic carbocycles. The molecule has 0 bridgehead atoms. The Labute approximate surface area is 284 Å². The first-order valence-corrected chi connectivity index (χ1v) is 16.8. The Bertz CT molecular complexity index is 2850. The van der Waals surface area contributed by atoms with Crippen LogP contribution in [0.1, 0.15) is 0 Å². The van der Waals surface area contributed by atoms with Crippen LogP contribution in [0.25, 0.3) is 93.3 Å². The number of hydrogen-bond donors (Lipinski definition) is 0. The Balaban J connectivity index is 1.30. The van der Waals surface area contributed by atoms with Gasteiger partial charge in [-0.05, 0) is 92.0 Å². The number of rotatable bonds is 4. The molecule has 10 aromatic rings. The van der Waals surface area contributed by atoms with E-state index >= 15 is 0 Å². The molecule has 10 rings (SSSR count). The SMILES string of the molecule is c1ccc(-c2c3cc(-c4ccc5c(c4)c4ccccc4n5-c4ccccc4)ccc3c(-c3ccccc3)c3c2ccc2cccnc23)cc1. The molecule has 0 atom stereocenters. The number of pyridine rings is 1. The van der Waals surface area contributed by atoms with Gasteiger partial charge in [0.2, 0.25) is 0 Å². The highest BCUT2D eigenvalue weighted by atomic mass is 15.0. The summed E-state index contributed by atoms with van der Waals surface area (Å²) in [5.74, 6) is 0. The minimum absolute atomic E-state index is 1.03. The number of fused-ring (bicyclic) bond motifs is 7. The maximum atomic E-state index is 4.98. The summed E-state index contributed by atoms with van der Waals surface area (Å²) in [5, 5.41) is 8.51. The molecular weight excluding hydrogens is 593 g/mol. The second-order valence-corrected chi connectivity index (χ2v) is 12.7. The van der Waals surface area contributed by atoms with Gasteiger partial charge in [-0.25, -0.2) is 0 Å². The first-order valence-electron chi connectivity index (χ1n) is 16.8. The van der Waals surface area contributed by atoms with Crippen molar-refractivity contribution in [2.24, 2.45) is 0 Å². The van der Waals surface area contributed by atoms with Gasteiger partial charge in [0.25, 0.3) is 0 Å². The summed E-state index contributed by atoms with van der Waals surface area (Å²) in [4.78, 5) is 4.98. The van der Waals surface area contributed by atoms with Crippen LogP contribution < -0.4 is 0 Å². The lowest BCUT2D eigenvalue weighted by Gasteiger charge is -2.20. The summed E-state index contributed by atoms with van der Waals surface area (Å²) in [6.45, 7) is 0. The predicted molar refractivity (Wildman–Crippen MR) is 207 cm³/mol. The van der Waals surface area contributed by atoms with Gasteiger partial charge in [0.05, 0.1) is 16.6 Å². The van der Waals surface area contributed by atoms with E-state index in [4.69, 9.17) is 4.98 Å². The largest absolute Gasteiger partial charge is 0.309 e. The summed E-state index contributed by atoms with van der Waals surface area (Å²) in [5.41, 5.74) is 11.9. The minimum Gasteiger partial charge on any atom is -0.309 e. The molecule has 0 fully saturated rings. The van der Waals surface area contributed by atoms with Gasteiger partial charge in [-0.2, -0.15) is 0 Å². The number of aromatic nitrogens is 2. The molecule has 0 aliphatic heterocycles. The van der Waals surface area contributed by atoms with E-state index in [1.165, 1.54) is 82.4 Å². The van der Waals surface area contributed by atoms with Crippen LogP contribution in [0.5, 0.6) is 0 Å². The number of benzene rings is 8. The third kappa shape index (κ3) is 4.31. The van der Waals surface area contributed by atoms with Crippen molar-refractivity contribution in [2.45, 2.75) is 0 Å². The van der Waals surface area contributed by atoms with Crippen LogP contribution in [-0.2, 0) is 0 Å². The lowest BCUT2D eigenvalue weighted by atomic mass is 9.84. The molecule has 2 nitrogen and oxygen atoms in total. The van der Waals surface area contributed by atoms with Gasteiger partial charge in [0.15, 0.2) is 0 Å². The van der Waals surface area contributed by atoms with Crippen molar-refractivity contribution in [2.75, 3.05) is 0 Å². The molecule has 2 heteroatoms. The van der Waals surface area contributed by atoms with Crippen LogP contribution in [0.15, 0.2) is 182 Å². The van der Waals surface area contributed by atoms with Crippen molar-refractivity contribution in [1.29, 1.82) is 0 Å². The third-order valence-corrected chi connectivity index (χ3v) is 10.00. The lowest BCUT2D eigenvalue weighted by molar-refractivity contribution is 1.18. The monoisotopic (exact) mass is 622 g/mol. The lowest BCUT2D eigenvalue weighted by Crippen LogP contribution is -1.94. The Morgan fingerprint density at radius 1 is 0.367 bits per heavy atom. The van der Waals surface area contributed by atoms with E-state index in [0.717, 1.165) is 10.9 Å². The average Bonchev–Trinajstić information content (AvgIpc) is 3.51. The van der Waals surface area contributed by atoms with Gasteiger partial charge in [-0.1, -0.05) is 133 Å². The molecule has 228 valence electrons. The van der Waals surface area contributed by atoms with Crippen LogP contribution in [0.2, 0.25) is 0 Å². The number of nitrogens with zero attached hydrogens (tertiary/aromatic N) is 2. The van der Waals surface area contributed by atoms with E-state index in [1.807, 2.05) is 12.3 Å². The standard InChI is InChI=1S/C47H30N2/c1-4-13-31(14-5-1)44-39-26-22-33-17-12-28-48-47(33)46(39)45(32-15-6-2-7-16-32)38-25-23-34(30-41(38)44)35-24-27-43-40(29-35)37-20-10-11-21-42(37)49(43)36-18-8-3-9-19-36/h1-30H. The second-order valence-electron chi connectivity index (χ2n) is 12.7. The van der Waals surface area contributed by atoms with E-state index in [2.05, 4.69) is 174 Å². The summed E-state index contributed by atoms with van der Waals surface area (Å²) < 4.78 is 2.37. The third-order valence-electron chi connectivity index (χ3n) is 10.00. The van der Waals surface area contributed by atoms with Gasteiger partial charge in [-0.15, -0.1) is 0 Å². The van der Waals surface area contributed by atoms with Crippen molar-refractivity contribution in [3.63, 3.8) is 0 Å². The Kier molecular flexibility index (Phi) is 6.22. The highest BCUT2D eigenvalue weighted by Gasteiger charge is 2.20. The zero-order chi connectivity index (χ0) is 32.3. The van der Waals surface area contributed by atoms with Gasteiger partial charge >= 0.3 is 0 Å². The van der Waals surface area contributed by atoms with Gasteiger partial charge in [0.1, 0.15) is 0 Å². The first-order chi connectivity index (χ1) is 24.3. The predicted octanol–water partition coefficient (Wildman–Crippen LogP) is 12.6.